The van der Waals surface area contributed by atoms with E-state index in [2.05, 4.69) is 92.7 Å². The molecule has 1 N–H and O–H groups in total. The highest BCUT2D eigenvalue weighted by atomic mass is 15.5. The lowest BCUT2D eigenvalue weighted by atomic mass is 9.97. The van der Waals surface area contributed by atoms with Crippen LogP contribution in [-0.2, 0) is 19.4 Å². The summed E-state index contributed by atoms with van der Waals surface area (Å²) in [5.41, 5.74) is 10.1. The minimum Gasteiger partial charge on any atom is -0.308 e. The van der Waals surface area contributed by atoms with Gasteiger partial charge in [-0.3, -0.25) is 0 Å². The molecule has 10 heteroatoms. The molecule has 0 aliphatic heterocycles. The van der Waals surface area contributed by atoms with Crippen molar-refractivity contribution in [2.45, 2.75) is 53.5 Å². The van der Waals surface area contributed by atoms with Crippen molar-refractivity contribution in [2.75, 3.05) is 0 Å². The fourth-order valence-corrected chi connectivity index (χ4v) is 5.05. The molecule has 0 unspecified atom stereocenters. The van der Waals surface area contributed by atoms with E-state index in [9.17, 15) is 0 Å². The Morgan fingerprint density at radius 2 is 1.74 bits per heavy atom. The van der Waals surface area contributed by atoms with E-state index in [-0.39, 0.29) is 0 Å². The first-order chi connectivity index (χ1) is 19.0. The van der Waals surface area contributed by atoms with Gasteiger partial charge in [-0.15, -0.1) is 10.2 Å². The molecule has 0 spiro atoms. The highest BCUT2D eigenvalue weighted by Crippen LogP contribution is 2.32. The van der Waals surface area contributed by atoms with E-state index in [0.717, 1.165) is 75.6 Å². The maximum Gasteiger partial charge on any atom is 0.180 e. The predicted octanol–water partition coefficient (Wildman–Crippen LogP) is 5.04. The number of pyridine rings is 1. The molecule has 6 aromatic rings. The third-order valence-corrected chi connectivity index (χ3v) is 6.94. The summed E-state index contributed by atoms with van der Waals surface area (Å²) in [6.45, 7) is 9.11. The maximum absolute atomic E-state index is 4.89. The van der Waals surface area contributed by atoms with Crippen LogP contribution in [0.25, 0.3) is 39.4 Å². The minimum atomic E-state index is 0.611. The van der Waals surface area contributed by atoms with Gasteiger partial charge in [-0.05, 0) is 77.2 Å². The zero-order valence-corrected chi connectivity index (χ0v) is 22.5. The van der Waals surface area contributed by atoms with E-state index in [1.54, 1.807) is 0 Å². The molecule has 39 heavy (non-hydrogen) atoms. The van der Waals surface area contributed by atoms with Crippen LogP contribution < -0.4 is 0 Å². The second-order valence-electron chi connectivity index (χ2n) is 9.80. The number of imidazole rings is 1. The number of hydrogen-bond acceptors (Lipinski definition) is 7. The van der Waals surface area contributed by atoms with Crippen LogP contribution in [0.4, 0.5) is 0 Å². The molecule has 4 aromatic heterocycles. The fourth-order valence-electron chi connectivity index (χ4n) is 5.05. The van der Waals surface area contributed by atoms with Crippen molar-refractivity contribution >= 4 is 11.2 Å². The van der Waals surface area contributed by atoms with Crippen LogP contribution in [0.3, 0.4) is 0 Å². The van der Waals surface area contributed by atoms with Crippen molar-refractivity contribution in [1.29, 1.82) is 0 Å². The quantitative estimate of drug-likeness (QED) is 0.300. The Bertz CT molecular complexity index is 1740. The average molecular weight is 519 g/mol. The number of tetrazole rings is 1. The molecule has 0 aliphatic rings. The van der Waals surface area contributed by atoms with Crippen LogP contribution in [0.5, 0.6) is 0 Å². The Balaban J connectivity index is 1.37. The lowest BCUT2D eigenvalue weighted by molar-refractivity contribution is 0.745. The molecule has 0 saturated heterocycles. The molecule has 2 aromatic carbocycles. The summed E-state index contributed by atoms with van der Waals surface area (Å²) in [6.07, 6.45) is 4.75. The van der Waals surface area contributed by atoms with Gasteiger partial charge >= 0.3 is 0 Å². The Labute approximate surface area is 226 Å². The van der Waals surface area contributed by atoms with Gasteiger partial charge in [0.1, 0.15) is 11.3 Å². The lowest BCUT2D eigenvalue weighted by Crippen LogP contribution is -2.05. The molecule has 4 heterocycles. The third-order valence-electron chi connectivity index (χ3n) is 6.94. The SMILES string of the molecule is CCCc1cn(-c2ccc(-c3nnn[nH]3)c(-c3ccc(Cn4c(CC)nc5c(C)cc(C)nc54)cc3)c2)nn1. The molecule has 0 aliphatic carbocycles. The number of nitrogens with one attached hydrogen (secondary N) is 1. The molecule has 0 bridgehead atoms. The second-order valence-corrected chi connectivity index (χ2v) is 9.80. The van der Waals surface area contributed by atoms with Crippen LogP contribution in [0.2, 0.25) is 0 Å². The van der Waals surface area contributed by atoms with Crippen molar-refractivity contribution in [3.63, 3.8) is 0 Å². The van der Waals surface area contributed by atoms with Gasteiger partial charge in [0.25, 0.3) is 0 Å². The molecule has 0 amide bonds. The molecule has 0 atom stereocenters. The van der Waals surface area contributed by atoms with E-state index < -0.39 is 0 Å². The average Bonchev–Trinajstić information content (AvgIpc) is 3.70. The number of H-pyrrole nitrogens is 1. The van der Waals surface area contributed by atoms with Crippen molar-refractivity contribution in [2.24, 2.45) is 0 Å². The largest absolute Gasteiger partial charge is 0.308 e. The predicted molar refractivity (Wildman–Crippen MR) is 149 cm³/mol. The first-order valence-electron chi connectivity index (χ1n) is 13.3. The van der Waals surface area contributed by atoms with Gasteiger partial charge in [0.05, 0.1) is 24.1 Å². The number of nitrogens with zero attached hydrogens (tertiary/aromatic N) is 9. The van der Waals surface area contributed by atoms with Crippen LogP contribution in [0.1, 0.15) is 48.6 Å². The first-order valence-corrected chi connectivity index (χ1v) is 13.3. The lowest BCUT2D eigenvalue weighted by Gasteiger charge is -2.12. The van der Waals surface area contributed by atoms with E-state index in [4.69, 9.17) is 9.97 Å². The Kier molecular flexibility index (Phi) is 6.44. The molecule has 0 radical (unpaired) electrons. The summed E-state index contributed by atoms with van der Waals surface area (Å²) in [5.74, 6) is 1.65. The Hall–Kier alpha value is -4.73. The van der Waals surface area contributed by atoms with Crippen LogP contribution in [-0.4, -0.2) is 50.2 Å². The van der Waals surface area contributed by atoms with Crippen LogP contribution in [0, 0.1) is 13.8 Å². The van der Waals surface area contributed by atoms with Gasteiger partial charge in [0.2, 0.25) is 0 Å². The number of hydrogen-bond donors (Lipinski definition) is 1. The van der Waals surface area contributed by atoms with E-state index in [0.29, 0.717) is 12.4 Å². The van der Waals surface area contributed by atoms with Crippen molar-refractivity contribution in [1.82, 2.24) is 50.2 Å². The van der Waals surface area contributed by atoms with Gasteiger partial charge in [0.15, 0.2) is 11.5 Å². The summed E-state index contributed by atoms with van der Waals surface area (Å²) in [4.78, 5) is 9.71. The third kappa shape index (κ3) is 4.69. The van der Waals surface area contributed by atoms with Gasteiger partial charge < -0.3 is 4.57 Å². The van der Waals surface area contributed by atoms with Crippen molar-refractivity contribution < 1.29 is 0 Å². The topological polar surface area (TPSA) is 116 Å². The van der Waals surface area contributed by atoms with Crippen LogP contribution in [0.15, 0.2) is 54.7 Å². The number of aromatic nitrogens is 10. The van der Waals surface area contributed by atoms with E-state index in [1.165, 1.54) is 5.56 Å². The fraction of sp³-hybridized carbons (Fsp3) is 0.276. The number of aromatic amines is 1. The normalized spacial score (nSPS) is 11.5. The monoisotopic (exact) mass is 518 g/mol. The summed E-state index contributed by atoms with van der Waals surface area (Å²) in [5, 5.41) is 23.3. The van der Waals surface area contributed by atoms with Crippen LogP contribution >= 0.6 is 0 Å². The molecule has 0 saturated carbocycles. The number of fused-ring (bicyclic) bond motifs is 1. The van der Waals surface area contributed by atoms with Crippen molar-refractivity contribution in [3.05, 3.63) is 83.1 Å². The van der Waals surface area contributed by atoms with Gasteiger partial charge in [-0.2, -0.15) is 0 Å². The minimum absolute atomic E-state index is 0.611. The molecule has 10 nitrogen and oxygen atoms in total. The number of benzene rings is 2. The molecule has 0 fully saturated rings. The Morgan fingerprint density at radius 3 is 2.49 bits per heavy atom. The summed E-state index contributed by atoms with van der Waals surface area (Å²) < 4.78 is 4.05. The molecular formula is C29H30N10. The standard InChI is InChI=1S/C29H30N10/c1-5-7-22-17-39(37-32-22)23-12-13-24(28-33-35-36-34-28)25(15-23)21-10-8-20(9-11-21)16-38-26(6-2)31-27-18(3)14-19(4)30-29(27)38/h8-15,17H,5-7,16H2,1-4H3,(H,33,34,35,36). The van der Waals surface area contributed by atoms with Gasteiger partial charge in [-0.25, -0.2) is 19.7 Å². The van der Waals surface area contributed by atoms with Crippen molar-refractivity contribution in [3.8, 4) is 28.2 Å². The summed E-state index contributed by atoms with van der Waals surface area (Å²) in [7, 11) is 0. The second kappa shape index (κ2) is 10.2. The Morgan fingerprint density at radius 1 is 0.897 bits per heavy atom. The van der Waals surface area contributed by atoms with Gasteiger partial charge in [-0.1, -0.05) is 49.7 Å². The highest BCUT2D eigenvalue weighted by molar-refractivity contribution is 5.82. The van der Waals surface area contributed by atoms with E-state index >= 15 is 0 Å². The molecule has 196 valence electrons. The van der Waals surface area contributed by atoms with Gasteiger partial charge in [0, 0.05) is 17.7 Å². The number of aryl methyl sites for hydroxylation is 4. The highest BCUT2D eigenvalue weighted by Gasteiger charge is 2.16. The smallest absolute Gasteiger partial charge is 0.180 e. The zero-order chi connectivity index (χ0) is 26.9. The zero-order valence-electron chi connectivity index (χ0n) is 22.5. The first kappa shape index (κ1) is 24.6. The number of rotatable bonds is 8. The molecule has 6 rings (SSSR count). The maximum atomic E-state index is 4.89. The van der Waals surface area contributed by atoms with E-state index in [1.807, 2.05) is 29.9 Å². The summed E-state index contributed by atoms with van der Waals surface area (Å²) >= 11 is 0. The summed E-state index contributed by atoms with van der Waals surface area (Å²) in [6, 6.07) is 16.8. The molecular weight excluding hydrogens is 488 g/mol.